The number of ether oxygens (including phenoxy) is 1. The summed E-state index contributed by atoms with van der Waals surface area (Å²) in [6, 6.07) is 8.36. The van der Waals surface area contributed by atoms with E-state index in [-0.39, 0.29) is 6.10 Å². The van der Waals surface area contributed by atoms with Crippen molar-refractivity contribution in [2.45, 2.75) is 40.0 Å². The van der Waals surface area contributed by atoms with Crippen LogP contribution in [0.25, 0.3) is 0 Å². The van der Waals surface area contributed by atoms with Crippen molar-refractivity contribution in [3.8, 4) is 0 Å². The van der Waals surface area contributed by atoms with Crippen LogP contribution in [-0.2, 0) is 17.8 Å². The molecule has 136 valence electrons. The van der Waals surface area contributed by atoms with Gasteiger partial charge < -0.3 is 15.0 Å². The number of thiazole rings is 1. The molecule has 2 rings (SSSR count). The van der Waals surface area contributed by atoms with E-state index in [0.29, 0.717) is 13.1 Å². The minimum Gasteiger partial charge on any atom is -0.375 e. The zero-order valence-corrected chi connectivity index (χ0v) is 16.6. The molecule has 0 saturated heterocycles. The van der Waals surface area contributed by atoms with Crippen LogP contribution in [0.2, 0.25) is 0 Å². The van der Waals surface area contributed by atoms with Crippen LogP contribution in [0.3, 0.4) is 0 Å². The number of hydrogen-bond donors (Lipinski definition) is 1. The third-order valence-corrected chi connectivity index (χ3v) is 5.08. The fraction of sp³-hybridized carbons (Fsp3) is 0.474. The van der Waals surface area contributed by atoms with Crippen LogP contribution in [0, 0.1) is 6.92 Å². The highest BCUT2D eigenvalue weighted by Crippen LogP contribution is 2.21. The number of methoxy groups -OCH3 is 1. The van der Waals surface area contributed by atoms with Crippen molar-refractivity contribution in [3.05, 3.63) is 51.5 Å². The summed E-state index contributed by atoms with van der Waals surface area (Å²) in [5.74, 6) is 0.889. The molecule has 1 heterocycles. The molecular formula is C19H28N4OS. The largest absolute Gasteiger partial charge is 0.375 e. The normalized spacial score (nSPS) is 12.9. The van der Waals surface area contributed by atoms with Crippen LogP contribution in [0.1, 0.15) is 41.8 Å². The topological polar surface area (TPSA) is 49.8 Å². The third kappa shape index (κ3) is 5.54. The number of guanidine groups is 1. The number of rotatable bonds is 7. The number of hydrogen-bond acceptors (Lipinski definition) is 4. The summed E-state index contributed by atoms with van der Waals surface area (Å²) >= 11 is 1.64. The first-order chi connectivity index (χ1) is 12.0. The molecule has 1 N–H and O–H groups in total. The van der Waals surface area contributed by atoms with Crippen molar-refractivity contribution in [1.29, 1.82) is 0 Å². The lowest BCUT2D eigenvalue weighted by atomic mass is 10.1. The van der Waals surface area contributed by atoms with Crippen LogP contribution in [0.5, 0.6) is 0 Å². The van der Waals surface area contributed by atoms with E-state index in [4.69, 9.17) is 9.73 Å². The fourth-order valence-electron chi connectivity index (χ4n) is 2.42. The maximum absolute atomic E-state index is 5.34. The molecule has 1 aromatic heterocycles. The quantitative estimate of drug-likeness (QED) is 0.603. The summed E-state index contributed by atoms with van der Waals surface area (Å²) in [6.07, 6.45) is 0.0343. The van der Waals surface area contributed by atoms with Gasteiger partial charge in [-0.15, -0.1) is 11.3 Å². The number of benzene rings is 1. The van der Waals surface area contributed by atoms with E-state index in [9.17, 15) is 0 Å². The molecule has 1 aromatic carbocycles. The molecule has 2 aromatic rings. The Balaban J connectivity index is 2.06. The van der Waals surface area contributed by atoms with Gasteiger partial charge in [0.05, 0.1) is 18.8 Å². The van der Waals surface area contributed by atoms with Crippen molar-refractivity contribution in [3.63, 3.8) is 0 Å². The van der Waals surface area contributed by atoms with Crippen molar-refractivity contribution >= 4 is 17.3 Å². The summed E-state index contributed by atoms with van der Waals surface area (Å²) in [7, 11) is 3.75. The van der Waals surface area contributed by atoms with Crippen molar-refractivity contribution in [1.82, 2.24) is 15.2 Å². The maximum Gasteiger partial charge on any atom is 0.194 e. The molecule has 0 fully saturated rings. The van der Waals surface area contributed by atoms with Gasteiger partial charge in [0.25, 0.3) is 0 Å². The van der Waals surface area contributed by atoms with Crippen LogP contribution >= 0.6 is 11.3 Å². The zero-order valence-electron chi connectivity index (χ0n) is 15.7. The first-order valence-electron chi connectivity index (χ1n) is 8.56. The van der Waals surface area contributed by atoms with E-state index in [1.54, 1.807) is 18.4 Å². The third-order valence-electron chi connectivity index (χ3n) is 4.03. The summed E-state index contributed by atoms with van der Waals surface area (Å²) in [6.45, 7) is 8.43. The summed E-state index contributed by atoms with van der Waals surface area (Å²) in [5, 5.41) is 6.46. The van der Waals surface area contributed by atoms with Crippen LogP contribution in [-0.4, -0.2) is 36.5 Å². The predicted molar refractivity (Wildman–Crippen MR) is 105 cm³/mol. The van der Waals surface area contributed by atoms with Crippen LogP contribution in [0.4, 0.5) is 0 Å². The average molecular weight is 361 g/mol. The Morgan fingerprint density at radius 2 is 2.16 bits per heavy atom. The van der Waals surface area contributed by atoms with E-state index >= 15 is 0 Å². The first-order valence-corrected chi connectivity index (χ1v) is 9.44. The van der Waals surface area contributed by atoms with Crippen molar-refractivity contribution in [2.24, 2.45) is 4.99 Å². The second-order valence-electron chi connectivity index (χ2n) is 6.01. The molecular weight excluding hydrogens is 332 g/mol. The number of nitrogens with zero attached hydrogens (tertiary/aromatic N) is 3. The highest BCUT2D eigenvalue weighted by Gasteiger charge is 2.12. The van der Waals surface area contributed by atoms with Gasteiger partial charge in [0.2, 0.25) is 0 Å². The molecule has 0 aliphatic heterocycles. The maximum atomic E-state index is 5.34. The Bertz CT molecular complexity index is 698. The number of nitrogens with one attached hydrogen (secondary N) is 1. The zero-order chi connectivity index (χ0) is 18.2. The van der Waals surface area contributed by atoms with Crippen LogP contribution < -0.4 is 5.32 Å². The molecule has 0 aliphatic rings. The van der Waals surface area contributed by atoms with Gasteiger partial charge in [0, 0.05) is 26.1 Å². The highest BCUT2D eigenvalue weighted by molar-refractivity contribution is 7.09. The average Bonchev–Trinajstić information content (AvgIpc) is 3.07. The van der Waals surface area contributed by atoms with Gasteiger partial charge >= 0.3 is 0 Å². The van der Waals surface area contributed by atoms with Gasteiger partial charge in [-0.2, -0.15) is 0 Å². The first kappa shape index (κ1) is 19.4. The Kier molecular flexibility index (Phi) is 7.40. The summed E-state index contributed by atoms with van der Waals surface area (Å²) in [4.78, 5) is 11.6. The molecule has 6 heteroatoms. The lowest BCUT2D eigenvalue weighted by Gasteiger charge is -2.21. The molecule has 0 bridgehead atoms. The van der Waals surface area contributed by atoms with E-state index in [0.717, 1.165) is 23.2 Å². The van der Waals surface area contributed by atoms with Crippen molar-refractivity contribution in [2.75, 3.05) is 20.7 Å². The molecule has 0 amide bonds. The summed E-state index contributed by atoms with van der Waals surface area (Å²) < 4.78 is 5.34. The van der Waals surface area contributed by atoms with Gasteiger partial charge in [-0.05, 0) is 31.9 Å². The van der Waals surface area contributed by atoms with E-state index < -0.39 is 0 Å². The van der Waals surface area contributed by atoms with Gasteiger partial charge in [-0.25, -0.2) is 9.98 Å². The second kappa shape index (κ2) is 9.53. The minimum absolute atomic E-state index is 0.0343. The molecule has 0 aliphatic carbocycles. The number of aryl methyl sites for hydroxylation is 1. The highest BCUT2D eigenvalue weighted by atomic mass is 32.1. The molecule has 1 unspecified atom stereocenters. The van der Waals surface area contributed by atoms with Gasteiger partial charge in [0.1, 0.15) is 11.1 Å². The smallest absolute Gasteiger partial charge is 0.194 e. The molecule has 5 nitrogen and oxygen atoms in total. The summed E-state index contributed by atoms with van der Waals surface area (Å²) in [5.41, 5.74) is 3.55. The lowest BCUT2D eigenvalue weighted by Crippen LogP contribution is -2.38. The molecule has 0 radical (unpaired) electrons. The molecule has 0 spiro atoms. The van der Waals surface area contributed by atoms with E-state index in [2.05, 4.69) is 58.7 Å². The fourth-order valence-corrected chi connectivity index (χ4v) is 3.26. The standard InChI is InChI=1S/C19H28N4OS/c1-6-20-19(21-11-16-10-8-7-9-14(16)2)23(4)12-17-13-25-18(22-17)15(3)24-5/h7-10,13,15H,6,11-12H2,1-5H3,(H,20,21). The Labute approximate surface area is 154 Å². The molecule has 25 heavy (non-hydrogen) atoms. The van der Waals surface area contributed by atoms with Gasteiger partial charge in [-0.1, -0.05) is 24.3 Å². The SMILES string of the molecule is CCNC(=NCc1ccccc1C)N(C)Cc1csc(C(C)OC)n1. The van der Waals surface area contributed by atoms with Crippen molar-refractivity contribution < 1.29 is 4.74 Å². The van der Waals surface area contributed by atoms with Gasteiger partial charge in [-0.3, -0.25) is 0 Å². The monoisotopic (exact) mass is 360 g/mol. The minimum atomic E-state index is 0.0343. The van der Waals surface area contributed by atoms with E-state index in [1.807, 2.05) is 14.0 Å². The number of aromatic nitrogens is 1. The Morgan fingerprint density at radius 3 is 2.84 bits per heavy atom. The predicted octanol–water partition coefficient (Wildman–Crippen LogP) is 3.76. The number of aliphatic imine (C=N–C) groups is 1. The van der Waals surface area contributed by atoms with E-state index in [1.165, 1.54) is 11.1 Å². The van der Waals surface area contributed by atoms with Gasteiger partial charge in [0.15, 0.2) is 5.96 Å². The Hall–Kier alpha value is -1.92. The second-order valence-corrected chi connectivity index (χ2v) is 6.90. The molecule has 0 saturated carbocycles. The Morgan fingerprint density at radius 1 is 1.40 bits per heavy atom. The molecule has 1 atom stereocenters. The lowest BCUT2D eigenvalue weighted by molar-refractivity contribution is 0.119. The van der Waals surface area contributed by atoms with Crippen LogP contribution in [0.15, 0.2) is 34.6 Å².